The number of amides is 1. The molecule has 0 spiro atoms. The van der Waals surface area contributed by atoms with Gasteiger partial charge >= 0.3 is 12.1 Å². The summed E-state index contributed by atoms with van der Waals surface area (Å²) in [5.74, 6) is -1.07. The van der Waals surface area contributed by atoms with Crippen LogP contribution in [0.1, 0.15) is 15.9 Å². The second kappa shape index (κ2) is 8.02. The topological polar surface area (TPSA) is 140 Å². The molecule has 4 N–H and O–H groups in total. The van der Waals surface area contributed by atoms with Gasteiger partial charge in [0.1, 0.15) is 5.75 Å². The summed E-state index contributed by atoms with van der Waals surface area (Å²) in [5, 5.41) is 8.50. The van der Waals surface area contributed by atoms with Crippen LogP contribution in [0, 0.1) is 0 Å². The Balaban J connectivity index is 1.58. The van der Waals surface area contributed by atoms with Gasteiger partial charge in [-0.1, -0.05) is 12.1 Å². The number of nitrogens with two attached hydrogens (primary N) is 1. The highest BCUT2D eigenvalue weighted by molar-refractivity contribution is 5.94. The van der Waals surface area contributed by atoms with Gasteiger partial charge < -0.3 is 15.8 Å². The lowest BCUT2D eigenvalue weighted by molar-refractivity contribution is -0.274. The summed E-state index contributed by atoms with van der Waals surface area (Å²) in [6.07, 6.45) is -0.939. The van der Waals surface area contributed by atoms with Crippen molar-refractivity contribution in [3.63, 3.8) is 0 Å². The molecule has 0 unspecified atom stereocenters. The molecule has 164 valence electrons. The number of nitrogens with one attached hydrogen (secondary N) is 2. The molecule has 0 aliphatic rings. The summed E-state index contributed by atoms with van der Waals surface area (Å²) in [6.45, 7) is -0.263. The number of fused-ring (bicyclic) bond motifs is 1. The molecule has 3 heterocycles. The molecule has 4 rings (SSSR count). The number of carbonyl (C=O) groups excluding carboxylic acids is 1. The van der Waals surface area contributed by atoms with Crippen LogP contribution in [-0.4, -0.2) is 36.8 Å². The standard InChI is InChI=1S/C19H14F3N7O3/c20-19(21,22)32-14-5-10(13-7-25-17(23)26-8-13)1-2-11(14)6-24-16(30)12-3-4-15-27-28-18(31)29(15)9-12/h1-5,7-9H,6H2,(H,24,30)(H,28,31)(H2,23,25,26). The van der Waals surface area contributed by atoms with Crippen LogP contribution in [0.3, 0.4) is 0 Å². The first kappa shape index (κ1) is 20.8. The highest BCUT2D eigenvalue weighted by Crippen LogP contribution is 2.31. The van der Waals surface area contributed by atoms with E-state index in [2.05, 4.69) is 30.2 Å². The van der Waals surface area contributed by atoms with E-state index in [1.54, 1.807) is 0 Å². The fourth-order valence-electron chi connectivity index (χ4n) is 2.90. The van der Waals surface area contributed by atoms with E-state index in [1.165, 1.54) is 48.9 Å². The van der Waals surface area contributed by atoms with Crippen LogP contribution in [0.2, 0.25) is 0 Å². The van der Waals surface area contributed by atoms with Crippen LogP contribution < -0.4 is 21.5 Å². The average Bonchev–Trinajstić information content (AvgIpc) is 3.12. The first-order valence-electron chi connectivity index (χ1n) is 9.01. The Morgan fingerprint density at radius 1 is 1.16 bits per heavy atom. The lowest BCUT2D eigenvalue weighted by Gasteiger charge is -2.15. The fourth-order valence-corrected chi connectivity index (χ4v) is 2.90. The molecule has 13 heteroatoms. The van der Waals surface area contributed by atoms with Crippen molar-refractivity contribution in [1.82, 2.24) is 29.9 Å². The molecule has 0 atom stereocenters. The van der Waals surface area contributed by atoms with E-state index in [1.807, 2.05) is 0 Å². The SMILES string of the molecule is Nc1ncc(-c2ccc(CNC(=O)c3ccc4n[nH]c(=O)n4c3)c(OC(F)(F)F)c2)cn1. The number of rotatable bonds is 5. The summed E-state index contributed by atoms with van der Waals surface area (Å²) < 4.78 is 44.1. The number of alkyl halides is 3. The number of nitrogens with zero attached hydrogens (tertiary/aromatic N) is 4. The fraction of sp³-hybridized carbons (Fsp3) is 0.105. The zero-order valence-corrected chi connectivity index (χ0v) is 16.1. The smallest absolute Gasteiger partial charge is 0.405 e. The summed E-state index contributed by atoms with van der Waals surface area (Å²) in [4.78, 5) is 31.7. The van der Waals surface area contributed by atoms with Gasteiger partial charge in [0.15, 0.2) is 5.65 Å². The van der Waals surface area contributed by atoms with Crippen LogP contribution in [0.5, 0.6) is 5.75 Å². The molecule has 0 aliphatic carbocycles. The molecule has 1 amide bonds. The Labute approximate surface area is 176 Å². The van der Waals surface area contributed by atoms with Crippen molar-refractivity contribution in [3.05, 3.63) is 70.5 Å². The maximum Gasteiger partial charge on any atom is 0.573 e. The van der Waals surface area contributed by atoms with Crippen molar-refractivity contribution in [1.29, 1.82) is 0 Å². The van der Waals surface area contributed by atoms with Gasteiger partial charge in [0.2, 0.25) is 5.95 Å². The van der Waals surface area contributed by atoms with Crippen molar-refractivity contribution in [2.45, 2.75) is 12.9 Å². The highest BCUT2D eigenvalue weighted by atomic mass is 19.4. The zero-order chi connectivity index (χ0) is 22.9. The number of benzene rings is 1. The summed E-state index contributed by atoms with van der Waals surface area (Å²) in [5.41, 5.74) is 6.21. The number of halogens is 3. The third-order valence-electron chi connectivity index (χ3n) is 4.41. The number of hydrogen-bond acceptors (Lipinski definition) is 7. The Morgan fingerprint density at radius 3 is 2.62 bits per heavy atom. The van der Waals surface area contributed by atoms with Crippen molar-refractivity contribution < 1.29 is 22.7 Å². The van der Waals surface area contributed by atoms with Crippen molar-refractivity contribution in [2.75, 3.05) is 5.73 Å². The Kier molecular flexibility index (Phi) is 5.22. The second-order valence-electron chi connectivity index (χ2n) is 6.56. The first-order valence-corrected chi connectivity index (χ1v) is 9.01. The van der Waals surface area contributed by atoms with Crippen molar-refractivity contribution >= 4 is 17.5 Å². The van der Waals surface area contributed by atoms with Crippen LogP contribution in [0.25, 0.3) is 16.8 Å². The van der Waals surface area contributed by atoms with Gasteiger partial charge in [0, 0.05) is 36.3 Å². The van der Waals surface area contributed by atoms with E-state index in [0.717, 1.165) is 4.40 Å². The van der Waals surface area contributed by atoms with Crippen molar-refractivity contribution in [3.8, 4) is 16.9 Å². The van der Waals surface area contributed by atoms with Gasteiger partial charge in [0.05, 0.1) is 5.56 Å². The number of nitrogen functional groups attached to an aromatic ring is 1. The molecule has 1 aromatic carbocycles. The van der Waals surface area contributed by atoms with Gasteiger partial charge in [-0.15, -0.1) is 13.2 Å². The average molecular weight is 445 g/mol. The monoisotopic (exact) mass is 445 g/mol. The molecular weight excluding hydrogens is 431 g/mol. The molecule has 0 fully saturated rings. The van der Waals surface area contributed by atoms with E-state index in [4.69, 9.17) is 5.73 Å². The van der Waals surface area contributed by atoms with Crippen LogP contribution in [-0.2, 0) is 6.54 Å². The number of pyridine rings is 1. The van der Waals surface area contributed by atoms with Gasteiger partial charge in [0.25, 0.3) is 5.91 Å². The number of ether oxygens (including phenoxy) is 1. The van der Waals surface area contributed by atoms with E-state index in [-0.39, 0.29) is 23.6 Å². The van der Waals surface area contributed by atoms with E-state index >= 15 is 0 Å². The lowest BCUT2D eigenvalue weighted by Crippen LogP contribution is -2.25. The third kappa shape index (κ3) is 4.50. The first-order chi connectivity index (χ1) is 15.2. The molecular formula is C19H14F3N7O3. The van der Waals surface area contributed by atoms with Crippen LogP contribution in [0.4, 0.5) is 19.1 Å². The molecule has 0 bridgehead atoms. The molecule has 0 saturated carbocycles. The zero-order valence-electron chi connectivity index (χ0n) is 16.1. The number of hydrogen-bond donors (Lipinski definition) is 3. The normalized spacial score (nSPS) is 11.5. The maximum atomic E-state index is 12.9. The van der Waals surface area contributed by atoms with Gasteiger partial charge in [-0.05, 0) is 23.8 Å². The number of anilines is 1. The van der Waals surface area contributed by atoms with Gasteiger partial charge in [-0.25, -0.2) is 24.3 Å². The molecule has 0 radical (unpaired) electrons. The Hall–Kier alpha value is -4.42. The van der Waals surface area contributed by atoms with Gasteiger partial charge in [-0.2, -0.15) is 5.10 Å². The van der Waals surface area contributed by atoms with Gasteiger partial charge in [-0.3, -0.25) is 4.79 Å². The van der Waals surface area contributed by atoms with Crippen LogP contribution in [0.15, 0.2) is 53.7 Å². The minimum absolute atomic E-state index is 0.0238. The summed E-state index contributed by atoms with van der Waals surface area (Å²) in [7, 11) is 0. The highest BCUT2D eigenvalue weighted by Gasteiger charge is 2.32. The predicted molar refractivity (Wildman–Crippen MR) is 106 cm³/mol. The largest absolute Gasteiger partial charge is 0.573 e. The second-order valence-corrected chi connectivity index (χ2v) is 6.56. The number of aromatic nitrogens is 5. The number of aromatic amines is 1. The Bertz CT molecular complexity index is 1350. The molecule has 0 saturated heterocycles. The van der Waals surface area contributed by atoms with E-state index < -0.39 is 23.7 Å². The number of H-pyrrole nitrogens is 1. The minimum Gasteiger partial charge on any atom is -0.405 e. The third-order valence-corrected chi connectivity index (χ3v) is 4.41. The van der Waals surface area contributed by atoms with E-state index in [0.29, 0.717) is 16.8 Å². The molecule has 0 aliphatic heterocycles. The minimum atomic E-state index is -4.94. The molecule has 32 heavy (non-hydrogen) atoms. The predicted octanol–water partition coefficient (Wildman–Crippen LogP) is 1.89. The van der Waals surface area contributed by atoms with Crippen LogP contribution >= 0.6 is 0 Å². The van der Waals surface area contributed by atoms with Crippen molar-refractivity contribution in [2.24, 2.45) is 0 Å². The molecule has 4 aromatic rings. The lowest BCUT2D eigenvalue weighted by atomic mass is 10.1. The van der Waals surface area contributed by atoms with E-state index in [9.17, 15) is 22.8 Å². The maximum absolute atomic E-state index is 12.9. The summed E-state index contributed by atoms with van der Waals surface area (Å²) >= 11 is 0. The Morgan fingerprint density at radius 2 is 1.91 bits per heavy atom. The summed E-state index contributed by atoms with van der Waals surface area (Å²) in [6, 6.07) is 6.98. The number of carbonyl (C=O) groups is 1. The quantitative estimate of drug-likeness (QED) is 0.426. The molecule has 3 aromatic heterocycles. The molecule has 10 nitrogen and oxygen atoms in total.